The van der Waals surface area contributed by atoms with Gasteiger partial charge in [-0.3, -0.25) is 9.36 Å². The quantitative estimate of drug-likeness (QED) is 0.377. The molecule has 3 unspecified atom stereocenters. The first kappa shape index (κ1) is 20.9. The van der Waals surface area contributed by atoms with Crippen LogP contribution in [0.2, 0.25) is 0 Å². The van der Waals surface area contributed by atoms with Crippen molar-refractivity contribution in [2.75, 3.05) is 0 Å². The van der Waals surface area contributed by atoms with Gasteiger partial charge in [0.05, 0.1) is 11.6 Å². The van der Waals surface area contributed by atoms with Crippen LogP contribution in [0.4, 0.5) is 0 Å². The molecule has 0 amide bonds. The van der Waals surface area contributed by atoms with Crippen molar-refractivity contribution in [2.45, 2.75) is 56.8 Å². The highest BCUT2D eigenvalue weighted by molar-refractivity contribution is 7.58. The Morgan fingerprint density at radius 1 is 1.15 bits per heavy atom. The minimum atomic E-state index is -3.70. The molecule has 6 heteroatoms. The number of aliphatic carboxylic acids is 1. The molecule has 0 radical (unpaired) electrons. The number of carboxylic acids is 1. The van der Waals surface area contributed by atoms with Crippen molar-refractivity contribution < 1.29 is 19.4 Å². The van der Waals surface area contributed by atoms with Crippen LogP contribution in [0.5, 0.6) is 0 Å². The Labute approximate surface area is 159 Å². The van der Waals surface area contributed by atoms with E-state index in [1.807, 2.05) is 35.7 Å². The van der Waals surface area contributed by atoms with Gasteiger partial charge in [0.25, 0.3) is 0 Å². The van der Waals surface area contributed by atoms with Gasteiger partial charge in [-0.25, -0.2) is 0 Å². The molecule has 1 aromatic heterocycles. The molecule has 26 heavy (non-hydrogen) atoms. The van der Waals surface area contributed by atoms with E-state index in [1.165, 1.54) is 11.3 Å². The number of benzene rings is 1. The predicted molar refractivity (Wildman–Crippen MR) is 107 cm³/mol. The molecule has 1 heterocycles. The second kappa shape index (κ2) is 10.1. The highest BCUT2D eigenvalue weighted by Crippen LogP contribution is 2.56. The summed E-state index contributed by atoms with van der Waals surface area (Å²) in [6.45, 7) is 2.11. The molecule has 0 bridgehead atoms. The summed E-state index contributed by atoms with van der Waals surface area (Å²) >= 11 is 1.41. The molecule has 0 aliphatic heterocycles. The molecule has 142 valence electrons. The highest BCUT2D eigenvalue weighted by Gasteiger charge is 2.41. The van der Waals surface area contributed by atoms with Crippen molar-refractivity contribution in [1.82, 2.24) is 0 Å². The summed E-state index contributed by atoms with van der Waals surface area (Å²) in [5.41, 5.74) is 0.628. The van der Waals surface area contributed by atoms with Gasteiger partial charge in [0.2, 0.25) is 7.37 Å². The summed E-state index contributed by atoms with van der Waals surface area (Å²) in [5, 5.41) is 13.4. The van der Waals surface area contributed by atoms with Crippen molar-refractivity contribution in [1.29, 1.82) is 0 Å². The van der Waals surface area contributed by atoms with E-state index in [2.05, 4.69) is 6.92 Å². The number of rotatable bonds is 11. The molecule has 0 saturated heterocycles. The van der Waals surface area contributed by atoms with Crippen LogP contribution < -0.4 is 0 Å². The van der Waals surface area contributed by atoms with E-state index in [4.69, 9.17) is 0 Å². The number of carbonyl (C=O) groups is 1. The fourth-order valence-electron chi connectivity index (χ4n) is 3.33. The minimum Gasteiger partial charge on any atom is -0.481 e. The zero-order valence-electron chi connectivity index (χ0n) is 15.1. The third kappa shape index (κ3) is 5.80. The number of carboxylic acid groups (broad SMARTS) is 1. The molecule has 3 atom stereocenters. The number of unbranched alkanes of at least 4 members (excludes halogenated alkanes) is 3. The number of hydrogen-bond donors (Lipinski definition) is 2. The SMILES string of the molecule is CCCCCCC(C(C(=O)O)c1ccsc1)P(=O)(O)Cc1ccccc1. The van der Waals surface area contributed by atoms with Crippen LogP contribution in [0.1, 0.15) is 56.1 Å². The van der Waals surface area contributed by atoms with E-state index >= 15 is 0 Å². The summed E-state index contributed by atoms with van der Waals surface area (Å²) in [7, 11) is -3.70. The Kier molecular flexibility index (Phi) is 8.08. The van der Waals surface area contributed by atoms with Crippen molar-refractivity contribution in [3.8, 4) is 0 Å². The normalized spacial score (nSPS) is 15.9. The number of thiophene rings is 1. The van der Waals surface area contributed by atoms with Crippen molar-refractivity contribution in [3.05, 3.63) is 58.3 Å². The van der Waals surface area contributed by atoms with Gasteiger partial charge < -0.3 is 10.00 Å². The van der Waals surface area contributed by atoms with E-state index in [9.17, 15) is 19.4 Å². The molecule has 0 aliphatic carbocycles. The topological polar surface area (TPSA) is 74.6 Å². The van der Waals surface area contributed by atoms with Crippen LogP contribution in [-0.2, 0) is 15.5 Å². The summed E-state index contributed by atoms with van der Waals surface area (Å²) in [5.74, 6) is -1.96. The number of hydrogen-bond acceptors (Lipinski definition) is 3. The smallest absolute Gasteiger partial charge is 0.311 e. The zero-order valence-corrected chi connectivity index (χ0v) is 16.8. The highest BCUT2D eigenvalue weighted by atomic mass is 32.1. The Balaban J connectivity index is 2.29. The molecule has 1 aromatic carbocycles. The maximum Gasteiger partial charge on any atom is 0.311 e. The Bertz CT molecular complexity index is 715. The maximum atomic E-state index is 13.3. The van der Waals surface area contributed by atoms with Gasteiger partial charge in [0, 0.05) is 6.16 Å². The maximum absolute atomic E-state index is 13.3. The molecular weight excluding hydrogens is 367 g/mol. The molecule has 2 N–H and O–H groups in total. The van der Waals surface area contributed by atoms with Gasteiger partial charge in [-0.1, -0.05) is 62.9 Å². The Morgan fingerprint density at radius 3 is 2.46 bits per heavy atom. The Morgan fingerprint density at radius 2 is 1.88 bits per heavy atom. The summed E-state index contributed by atoms with van der Waals surface area (Å²) in [6, 6.07) is 10.9. The lowest BCUT2D eigenvalue weighted by Gasteiger charge is -2.28. The lowest BCUT2D eigenvalue weighted by Crippen LogP contribution is -2.27. The molecule has 0 saturated carbocycles. The molecule has 2 rings (SSSR count). The largest absolute Gasteiger partial charge is 0.481 e. The minimum absolute atomic E-state index is 0.0141. The van der Waals surface area contributed by atoms with Gasteiger partial charge in [-0.2, -0.15) is 11.3 Å². The van der Waals surface area contributed by atoms with E-state index in [0.29, 0.717) is 12.0 Å². The third-order valence-corrected chi connectivity index (χ3v) is 7.79. The van der Waals surface area contributed by atoms with E-state index in [1.54, 1.807) is 11.4 Å². The van der Waals surface area contributed by atoms with Gasteiger partial charge in [0.1, 0.15) is 0 Å². The first-order valence-electron chi connectivity index (χ1n) is 9.06. The predicted octanol–water partition coefficient (Wildman–Crippen LogP) is 5.73. The lowest BCUT2D eigenvalue weighted by molar-refractivity contribution is -0.139. The van der Waals surface area contributed by atoms with Crippen LogP contribution in [0, 0.1) is 0 Å². The molecule has 0 spiro atoms. The zero-order chi connectivity index (χ0) is 19.0. The lowest BCUT2D eigenvalue weighted by atomic mass is 9.94. The van der Waals surface area contributed by atoms with Gasteiger partial charge in [-0.15, -0.1) is 0 Å². The molecule has 2 aromatic rings. The van der Waals surface area contributed by atoms with Crippen molar-refractivity contribution in [2.24, 2.45) is 0 Å². The summed E-state index contributed by atoms with van der Waals surface area (Å²) < 4.78 is 13.3. The van der Waals surface area contributed by atoms with Crippen molar-refractivity contribution >= 4 is 24.7 Å². The monoisotopic (exact) mass is 394 g/mol. The molecule has 4 nitrogen and oxygen atoms in total. The standard InChI is InChI=1S/C20H27O4PS/c1-2-3-4-8-11-18(19(20(21)22)17-12-13-26-15-17)25(23,24)14-16-9-6-5-7-10-16/h5-7,9-10,12-13,15,18-19H,2-4,8,11,14H2,1H3,(H,21,22)(H,23,24). The second-order valence-electron chi connectivity index (χ2n) is 6.69. The average Bonchev–Trinajstić information content (AvgIpc) is 3.11. The third-order valence-electron chi connectivity index (χ3n) is 4.68. The Hall–Kier alpha value is -1.42. The molecule has 0 aliphatic rings. The van der Waals surface area contributed by atoms with E-state index < -0.39 is 24.9 Å². The van der Waals surface area contributed by atoms with E-state index in [-0.39, 0.29) is 6.16 Å². The van der Waals surface area contributed by atoms with Gasteiger partial charge in [0.15, 0.2) is 0 Å². The average molecular weight is 394 g/mol. The van der Waals surface area contributed by atoms with Crippen LogP contribution in [0.3, 0.4) is 0 Å². The summed E-state index contributed by atoms with van der Waals surface area (Å²) in [4.78, 5) is 22.9. The van der Waals surface area contributed by atoms with Crippen LogP contribution in [0.25, 0.3) is 0 Å². The fourth-order valence-corrected chi connectivity index (χ4v) is 6.34. The molecule has 0 fully saturated rings. The first-order chi connectivity index (χ1) is 12.5. The van der Waals surface area contributed by atoms with Crippen LogP contribution >= 0.6 is 18.7 Å². The van der Waals surface area contributed by atoms with Gasteiger partial charge >= 0.3 is 5.97 Å². The van der Waals surface area contributed by atoms with Crippen LogP contribution in [-0.4, -0.2) is 21.6 Å². The first-order valence-corrected chi connectivity index (χ1v) is 11.9. The molecular formula is C20H27O4PS. The van der Waals surface area contributed by atoms with E-state index in [0.717, 1.165) is 31.2 Å². The van der Waals surface area contributed by atoms with Gasteiger partial charge in [-0.05, 0) is 34.4 Å². The second-order valence-corrected chi connectivity index (χ2v) is 9.96. The fraction of sp³-hybridized carbons (Fsp3) is 0.450. The summed E-state index contributed by atoms with van der Waals surface area (Å²) in [6.07, 6.45) is 4.31. The van der Waals surface area contributed by atoms with Crippen molar-refractivity contribution in [3.63, 3.8) is 0 Å². The van der Waals surface area contributed by atoms with Crippen LogP contribution in [0.15, 0.2) is 47.2 Å².